The lowest BCUT2D eigenvalue weighted by Gasteiger charge is -2.11. The minimum atomic E-state index is -0.901. The number of carbonyl (C=O) groups excluding carboxylic acids is 2. The first-order valence-corrected chi connectivity index (χ1v) is 11.0. The maximum absolute atomic E-state index is 12.1. The third kappa shape index (κ3) is 7.06. The van der Waals surface area contributed by atoms with Gasteiger partial charge in [-0.1, -0.05) is 39.7 Å². The van der Waals surface area contributed by atoms with E-state index in [9.17, 15) is 9.59 Å². The number of hydrogen-bond acceptors (Lipinski definition) is 5. The average molecular weight is 531 g/mol. The second kappa shape index (κ2) is 11.5. The lowest BCUT2D eigenvalue weighted by molar-refractivity contribution is -0.136. The summed E-state index contributed by atoms with van der Waals surface area (Å²) in [4.78, 5) is 24.1. The van der Waals surface area contributed by atoms with Crippen LogP contribution in [-0.4, -0.2) is 25.1 Å². The van der Waals surface area contributed by atoms with Crippen molar-refractivity contribution in [1.29, 1.82) is 0 Å². The molecule has 7 nitrogen and oxygen atoms in total. The van der Waals surface area contributed by atoms with Gasteiger partial charge in [-0.25, -0.2) is 5.43 Å². The molecule has 2 amide bonds. The Balaban J connectivity index is 1.57. The molecule has 0 aliphatic rings. The zero-order valence-corrected chi connectivity index (χ0v) is 20.2. The summed E-state index contributed by atoms with van der Waals surface area (Å²) in [5.74, 6) is -0.661. The highest BCUT2D eigenvalue weighted by molar-refractivity contribution is 9.10. The Bertz CT molecular complexity index is 1180. The molecule has 33 heavy (non-hydrogen) atoms. The fraction of sp³-hybridized carbons (Fsp3) is 0.125. The number of hydrogen-bond donors (Lipinski definition) is 2. The van der Waals surface area contributed by atoms with Crippen molar-refractivity contribution in [2.45, 2.75) is 13.5 Å². The van der Waals surface area contributed by atoms with Crippen LogP contribution in [0.2, 0.25) is 5.02 Å². The van der Waals surface area contributed by atoms with E-state index < -0.39 is 11.8 Å². The Labute approximate surface area is 204 Å². The molecule has 0 heterocycles. The molecular formula is C24H21BrClN3O4. The number of halogens is 2. The Morgan fingerprint density at radius 3 is 2.48 bits per heavy atom. The van der Waals surface area contributed by atoms with Crippen LogP contribution in [0.1, 0.15) is 16.7 Å². The number of nitrogens with one attached hydrogen (secondary N) is 2. The maximum atomic E-state index is 12.1. The first kappa shape index (κ1) is 24.3. The van der Waals surface area contributed by atoms with E-state index in [2.05, 4.69) is 31.8 Å². The van der Waals surface area contributed by atoms with Gasteiger partial charge in [0, 0.05) is 15.2 Å². The SMILES string of the molecule is COc1cc(/C=N\NC(=O)C(=O)Nc2ccc(Cl)cc2C)ccc1OCc1ccc(Br)cc1. The number of nitrogens with zero attached hydrogens (tertiary/aromatic N) is 1. The summed E-state index contributed by atoms with van der Waals surface area (Å²) in [6.07, 6.45) is 1.40. The van der Waals surface area contributed by atoms with Crippen molar-refractivity contribution >= 4 is 51.2 Å². The van der Waals surface area contributed by atoms with Crippen LogP contribution < -0.4 is 20.2 Å². The van der Waals surface area contributed by atoms with E-state index in [0.717, 1.165) is 15.6 Å². The second-order valence-electron chi connectivity index (χ2n) is 6.94. The molecular weight excluding hydrogens is 510 g/mol. The standard InChI is InChI=1S/C24H21BrClN3O4/c1-15-11-19(26)8-9-20(15)28-23(30)24(31)29-27-13-17-5-10-21(22(12-17)32-2)33-14-16-3-6-18(25)7-4-16/h3-13H,14H2,1-2H3,(H,28,30)(H,29,31)/b27-13-. The summed E-state index contributed by atoms with van der Waals surface area (Å²) < 4.78 is 12.2. The summed E-state index contributed by atoms with van der Waals surface area (Å²) in [6.45, 7) is 2.16. The molecule has 3 rings (SSSR count). The molecule has 3 aromatic rings. The van der Waals surface area contributed by atoms with Gasteiger partial charge < -0.3 is 14.8 Å². The van der Waals surface area contributed by atoms with Crippen molar-refractivity contribution in [3.05, 3.63) is 86.8 Å². The number of carbonyl (C=O) groups is 2. The minimum Gasteiger partial charge on any atom is -0.493 e. The largest absolute Gasteiger partial charge is 0.493 e. The van der Waals surface area contributed by atoms with E-state index in [0.29, 0.717) is 34.4 Å². The Morgan fingerprint density at radius 1 is 1.03 bits per heavy atom. The van der Waals surface area contributed by atoms with Gasteiger partial charge in [0.25, 0.3) is 0 Å². The molecule has 0 radical (unpaired) electrons. The smallest absolute Gasteiger partial charge is 0.329 e. The van der Waals surface area contributed by atoms with Gasteiger partial charge >= 0.3 is 11.8 Å². The first-order chi connectivity index (χ1) is 15.9. The van der Waals surface area contributed by atoms with Crippen LogP contribution in [0.5, 0.6) is 11.5 Å². The van der Waals surface area contributed by atoms with E-state index in [1.807, 2.05) is 24.3 Å². The summed E-state index contributed by atoms with van der Waals surface area (Å²) in [6, 6.07) is 18.0. The van der Waals surface area contributed by atoms with E-state index in [4.69, 9.17) is 21.1 Å². The zero-order valence-electron chi connectivity index (χ0n) is 17.9. The highest BCUT2D eigenvalue weighted by Crippen LogP contribution is 2.28. The molecule has 0 saturated heterocycles. The molecule has 0 aromatic heterocycles. The van der Waals surface area contributed by atoms with E-state index in [1.165, 1.54) is 13.3 Å². The lowest BCUT2D eigenvalue weighted by Crippen LogP contribution is -2.32. The molecule has 0 aliphatic carbocycles. The molecule has 0 atom stereocenters. The van der Waals surface area contributed by atoms with Gasteiger partial charge in [0.05, 0.1) is 13.3 Å². The Morgan fingerprint density at radius 2 is 1.79 bits per heavy atom. The molecule has 2 N–H and O–H groups in total. The number of ether oxygens (including phenoxy) is 2. The van der Waals surface area contributed by atoms with Crippen LogP contribution in [0.25, 0.3) is 0 Å². The molecule has 170 valence electrons. The highest BCUT2D eigenvalue weighted by Gasteiger charge is 2.14. The third-order valence-corrected chi connectivity index (χ3v) is 5.28. The lowest BCUT2D eigenvalue weighted by atomic mass is 10.2. The summed E-state index contributed by atoms with van der Waals surface area (Å²) >= 11 is 9.30. The fourth-order valence-electron chi connectivity index (χ4n) is 2.79. The number of methoxy groups -OCH3 is 1. The second-order valence-corrected chi connectivity index (χ2v) is 8.29. The zero-order chi connectivity index (χ0) is 23.8. The van der Waals surface area contributed by atoms with Gasteiger partial charge in [0.2, 0.25) is 0 Å². The number of hydrazone groups is 1. The minimum absolute atomic E-state index is 0.384. The van der Waals surface area contributed by atoms with Crippen LogP contribution in [0.4, 0.5) is 5.69 Å². The third-order valence-electron chi connectivity index (χ3n) is 4.52. The number of anilines is 1. The number of aryl methyl sites for hydroxylation is 1. The van der Waals surface area contributed by atoms with Gasteiger partial charge in [-0.05, 0) is 72.1 Å². The topological polar surface area (TPSA) is 89.0 Å². The van der Waals surface area contributed by atoms with Gasteiger partial charge in [-0.3, -0.25) is 9.59 Å². The van der Waals surface area contributed by atoms with Gasteiger partial charge in [-0.2, -0.15) is 5.10 Å². The van der Waals surface area contributed by atoms with Crippen LogP contribution in [0.3, 0.4) is 0 Å². The fourth-order valence-corrected chi connectivity index (χ4v) is 3.28. The van der Waals surface area contributed by atoms with Crippen molar-refractivity contribution in [2.24, 2.45) is 5.10 Å². The van der Waals surface area contributed by atoms with Crippen molar-refractivity contribution in [3.8, 4) is 11.5 Å². The van der Waals surface area contributed by atoms with E-state index in [-0.39, 0.29) is 0 Å². The van der Waals surface area contributed by atoms with E-state index in [1.54, 1.807) is 43.3 Å². The molecule has 9 heteroatoms. The monoisotopic (exact) mass is 529 g/mol. The van der Waals surface area contributed by atoms with Crippen LogP contribution in [0, 0.1) is 6.92 Å². The van der Waals surface area contributed by atoms with Crippen molar-refractivity contribution < 1.29 is 19.1 Å². The normalized spacial score (nSPS) is 10.7. The van der Waals surface area contributed by atoms with E-state index >= 15 is 0 Å². The van der Waals surface area contributed by atoms with Crippen molar-refractivity contribution in [3.63, 3.8) is 0 Å². The van der Waals surface area contributed by atoms with Gasteiger partial charge in [-0.15, -0.1) is 0 Å². The molecule has 0 aliphatic heterocycles. The maximum Gasteiger partial charge on any atom is 0.329 e. The summed E-state index contributed by atoms with van der Waals surface area (Å²) in [5, 5.41) is 6.90. The van der Waals surface area contributed by atoms with Crippen molar-refractivity contribution in [2.75, 3.05) is 12.4 Å². The van der Waals surface area contributed by atoms with Gasteiger partial charge in [0.15, 0.2) is 11.5 Å². The number of benzene rings is 3. The molecule has 0 unspecified atom stereocenters. The summed E-state index contributed by atoms with van der Waals surface area (Å²) in [7, 11) is 1.54. The Kier molecular flexibility index (Phi) is 8.46. The molecule has 0 fully saturated rings. The predicted molar refractivity (Wildman–Crippen MR) is 132 cm³/mol. The number of rotatable bonds is 7. The van der Waals surface area contributed by atoms with Gasteiger partial charge in [0.1, 0.15) is 6.61 Å². The molecule has 3 aromatic carbocycles. The first-order valence-electron chi connectivity index (χ1n) is 9.81. The predicted octanol–water partition coefficient (Wildman–Crippen LogP) is 5.09. The van der Waals surface area contributed by atoms with Crippen molar-refractivity contribution in [1.82, 2.24) is 5.43 Å². The van der Waals surface area contributed by atoms with Crippen LogP contribution in [0.15, 0.2) is 70.2 Å². The number of amides is 2. The highest BCUT2D eigenvalue weighted by atomic mass is 79.9. The van der Waals surface area contributed by atoms with Crippen LogP contribution >= 0.6 is 27.5 Å². The molecule has 0 saturated carbocycles. The summed E-state index contributed by atoms with van der Waals surface area (Å²) in [5.41, 5.74) is 5.10. The molecule has 0 bridgehead atoms. The quantitative estimate of drug-likeness (QED) is 0.253. The Hall–Kier alpha value is -3.36. The van der Waals surface area contributed by atoms with Crippen LogP contribution in [-0.2, 0) is 16.2 Å². The molecule has 0 spiro atoms. The average Bonchev–Trinajstić information content (AvgIpc) is 2.80.